The highest BCUT2D eigenvalue weighted by Gasteiger charge is 2.12. The van der Waals surface area contributed by atoms with Crippen molar-refractivity contribution < 1.29 is 9.59 Å². The summed E-state index contributed by atoms with van der Waals surface area (Å²) in [7, 11) is 0. The highest BCUT2D eigenvalue weighted by molar-refractivity contribution is 7.12. The van der Waals surface area contributed by atoms with E-state index < -0.39 is 0 Å². The first-order chi connectivity index (χ1) is 13.2. The summed E-state index contributed by atoms with van der Waals surface area (Å²) in [6, 6.07) is 15.8. The predicted octanol–water partition coefficient (Wildman–Crippen LogP) is 5.55. The van der Waals surface area contributed by atoms with E-state index in [1.54, 1.807) is 6.07 Å². The molecule has 0 spiro atoms. The van der Waals surface area contributed by atoms with Crippen LogP contribution in [0.4, 0.5) is 5.69 Å². The summed E-state index contributed by atoms with van der Waals surface area (Å²) in [6.45, 7) is 2.14. The van der Waals surface area contributed by atoms with Crippen molar-refractivity contribution in [2.75, 3.05) is 5.32 Å². The zero-order valence-electron chi connectivity index (χ0n) is 15.0. The average Bonchev–Trinajstić information content (AvgIpc) is 3.33. The van der Waals surface area contributed by atoms with E-state index in [0.717, 1.165) is 28.5 Å². The standard InChI is InChI=1S/C22H20N2O2S/c1-2-14-5-3-6-17-16-9-8-15(13-18(16)24-22(14)17)23-21(26)11-10-19(25)20-7-4-12-27-20/h3-9,12-13,24H,2,10-11H2,1H3,(H,23,26). The van der Waals surface area contributed by atoms with Gasteiger partial charge in [-0.3, -0.25) is 9.59 Å². The molecule has 1 amide bonds. The predicted molar refractivity (Wildman–Crippen MR) is 112 cm³/mol. The molecule has 0 saturated carbocycles. The summed E-state index contributed by atoms with van der Waals surface area (Å²) >= 11 is 1.41. The third kappa shape index (κ3) is 3.51. The molecule has 136 valence electrons. The number of nitrogens with one attached hydrogen (secondary N) is 2. The van der Waals surface area contributed by atoms with Gasteiger partial charge in [-0.2, -0.15) is 0 Å². The minimum Gasteiger partial charge on any atom is -0.354 e. The normalized spacial score (nSPS) is 11.1. The maximum absolute atomic E-state index is 12.2. The van der Waals surface area contributed by atoms with Gasteiger partial charge < -0.3 is 10.3 Å². The summed E-state index contributed by atoms with van der Waals surface area (Å²) in [5.74, 6) is -0.136. The maximum Gasteiger partial charge on any atom is 0.224 e. The highest BCUT2D eigenvalue weighted by atomic mass is 32.1. The van der Waals surface area contributed by atoms with Crippen LogP contribution in [0.15, 0.2) is 53.9 Å². The van der Waals surface area contributed by atoms with Crippen molar-refractivity contribution >= 4 is 50.5 Å². The van der Waals surface area contributed by atoms with Gasteiger partial charge in [-0.05, 0) is 35.6 Å². The third-order valence-electron chi connectivity index (χ3n) is 4.76. The van der Waals surface area contributed by atoms with E-state index in [1.165, 1.54) is 22.3 Å². The number of Topliss-reactive ketones (excluding diaryl/α,β-unsaturated/α-hetero) is 1. The second kappa shape index (κ2) is 7.37. The second-order valence-corrected chi connectivity index (χ2v) is 7.47. The number of carbonyl (C=O) groups excluding carboxylic acids is 2. The lowest BCUT2D eigenvalue weighted by Crippen LogP contribution is -2.13. The van der Waals surface area contributed by atoms with Gasteiger partial charge in [0.1, 0.15) is 0 Å². The summed E-state index contributed by atoms with van der Waals surface area (Å²) in [6.07, 6.45) is 1.37. The van der Waals surface area contributed by atoms with Crippen LogP contribution in [-0.4, -0.2) is 16.7 Å². The van der Waals surface area contributed by atoms with Crippen LogP contribution in [0.3, 0.4) is 0 Å². The average molecular weight is 376 g/mol. The van der Waals surface area contributed by atoms with Gasteiger partial charge >= 0.3 is 0 Å². The molecule has 0 radical (unpaired) electrons. The first-order valence-corrected chi connectivity index (χ1v) is 9.93. The molecule has 5 heteroatoms. The second-order valence-electron chi connectivity index (χ2n) is 6.53. The van der Waals surface area contributed by atoms with E-state index in [2.05, 4.69) is 35.4 Å². The van der Waals surface area contributed by atoms with Crippen LogP contribution in [0.5, 0.6) is 0 Å². The van der Waals surface area contributed by atoms with Gasteiger partial charge in [-0.1, -0.05) is 37.3 Å². The SMILES string of the molecule is CCc1cccc2c1[nH]c1cc(NC(=O)CCC(=O)c3cccs3)ccc12. The van der Waals surface area contributed by atoms with Crippen LogP contribution in [0.2, 0.25) is 0 Å². The van der Waals surface area contributed by atoms with Gasteiger partial charge in [0, 0.05) is 40.3 Å². The van der Waals surface area contributed by atoms with Crippen molar-refractivity contribution in [2.45, 2.75) is 26.2 Å². The summed E-state index contributed by atoms with van der Waals surface area (Å²) in [4.78, 5) is 28.4. The quantitative estimate of drug-likeness (QED) is 0.434. The largest absolute Gasteiger partial charge is 0.354 e. The molecule has 0 aliphatic heterocycles. The Kier molecular flexibility index (Phi) is 4.77. The van der Waals surface area contributed by atoms with Gasteiger partial charge in [-0.15, -0.1) is 11.3 Å². The van der Waals surface area contributed by atoms with E-state index in [9.17, 15) is 9.59 Å². The molecule has 0 aliphatic rings. The number of anilines is 1. The zero-order chi connectivity index (χ0) is 18.8. The molecule has 0 saturated heterocycles. The molecule has 27 heavy (non-hydrogen) atoms. The van der Waals surface area contributed by atoms with E-state index in [0.29, 0.717) is 4.88 Å². The van der Waals surface area contributed by atoms with Crippen LogP contribution >= 0.6 is 11.3 Å². The highest BCUT2D eigenvalue weighted by Crippen LogP contribution is 2.29. The van der Waals surface area contributed by atoms with Crippen LogP contribution in [0, 0.1) is 0 Å². The Morgan fingerprint density at radius 3 is 2.70 bits per heavy atom. The number of para-hydroxylation sites is 1. The Morgan fingerprint density at radius 1 is 1.04 bits per heavy atom. The zero-order valence-corrected chi connectivity index (χ0v) is 15.9. The number of aromatic nitrogens is 1. The number of ketones is 1. The summed E-state index contributed by atoms with van der Waals surface area (Å²) in [5, 5.41) is 7.11. The molecule has 4 rings (SSSR count). The Morgan fingerprint density at radius 2 is 1.93 bits per heavy atom. The molecular weight excluding hydrogens is 356 g/mol. The van der Waals surface area contributed by atoms with Gasteiger partial charge in [-0.25, -0.2) is 0 Å². The molecule has 0 fully saturated rings. The number of aromatic amines is 1. The number of hydrogen-bond acceptors (Lipinski definition) is 3. The van der Waals surface area contributed by atoms with Crippen molar-refractivity contribution in [3.8, 4) is 0 Å². The molecule has 4 aromatic rings. The Hall–Kier alpha value is -2.92. The van der Waals surface area contributed by atoms with Crippen molar-refractivity contribution in [1.82, 2.24) is 4.98 Å². The first-order valence-electron chi connectivity index (χ1n) is 9.05. The van der Waals surface area contributed by atoms with Gasteiger partial charge in [0.05, 0.1) is 4.88 Å². The molecule has 0 atom stereocenters. The van der Waals surface area contributed by atoms with Crippen molar-refractivity contribution in [2.24, 2.45) is 0 Å². The molecule has 0 unspecified atom stereocenters. The number of benzene rings is 2. The molecule has 2 aromatic heterocycles. The summed E-state index contributed by atoms with van der Waals surface area (Å²) in [5.41, 5.74) is 4.17. The first kappa shape index (κ1) is 17.5. The number of carbonyl (C=O) groups is 2. The monoisotopic (exact) mass is 376 g/mol. The molecule has 0 aliphatic carbocycles. The van der Waals surface area contributed by atoms with Gasteiger partial charge in [0.15, 0.2) is 5.78 Å². The topological polar surface area (TPSA) is 62.0 Å². The third-order valence-corrected chi connectivity index (χ3v) is 5.67. The van der Waals surface area contributed by atoms with Crippen LogP contribution < -0.4 is 5.32 Å². The van der Waals surface area contributed by atoms with Crippen LogP contribution in [0.25, 0.3) is 21.8 Å². The number of rotatable bonds is 6. The van der Waals surface area contributed by atoms with Crippen LogP contribution in [-0.2, 0) is 11.2 Å². The van der Waals surface area contributed by atoms with Crippen molar-refractivity contribution in [3.63, 3.8) is 0 Å². The Balaban J connectivity index is 1.49. The number of fused-ring (bicyclic) bond motifs is 3. The van der Waals surface area contributed by atoms with Crippen molar-refractivity contribution in [1.29, 1.82) is 0 Å². The van der Waals surface area contributed by atoms with Gasteiger partial charge in [0.2, 0.25) is 5.91 Å². The smallest absolute Gasteiger partial charge is 0.224 e. The fraction of sp³-hybridized carbons (Fsp3) is 0.182. The lowest BCUT2D eigenvalue weighted by Gasteiger charge is -2.05. The number of aryl methyl sites for hydroxylation is 1. The maximum atomic E-state index is 12.2. The lowest BCUT2D eigenvalue weighted by atomic mass is 10.1. The van der Waals surface area contributed by atoms with Crippen molar-refractivity contribution in [3.05, 3.63) is 64.4 Å². The molecule has 2 heterocycles. The van der Waals surface area contributed by atoms with Crippen LogP contribution in [0.1, 0.15) is 35.0 Å². The lowest BCUT2D eigenvalue weighted by molar-refractivity contribution is -0.116. The number of thiophene rings is 1. The molecule has 4 nitrogen and oxygen atoms in total. The fourth-order valence-corrected chi connectivity index (χ4v) is 4.07. The summed E-state index contributed by atoms with van der Waals surface area (Å²) < 4.78 is 0. The number of hydrogen-bond donors (Lipinski definition) is 2. The molecule has 2 aromatic carbocycles. The number of H-pyrrole nitrogens is 1. The fourth-order valence-electron chi connectivity index (χ4n) is 3.37. The number of amides is 1. The molecular formula is C22H20N2O2S. The van der Waals surface area contributed by atoms with E-state index in [1.807, 2.05) is 29.6 Å². The molecule has 0 bridgehead atoms. The van der Waals surface area contributed by atoms with E-state index in [4.69, 9.17) is 0 Å². The Labute approximate surface area is 161 Å². The Bertz CT molecular complexity index is 1130. The van der Waals surface area contributed by atoms with E-state index >= 15 is 0 Å². The minimum atomic E-state index is -0.149. The van der Waals surface area contributed by atoms with E-state index in [-0.39, 0.29) is 24.5 Å². The molecule has 2 N–H and O–H groups in total. The van der Waals surface area contributed by atoms with Gasteiger partial charge in [0.25, 0.3) is 0 Å². The minimum absolute atomic E-state index is 0.0123.